The van der Waals surface area contributed by atoms with E-state index in [9.17, 15) is 19.0 Å². The number of fused-ring (bicyclic) bond motifs is 1. The van der Waals surface area contributed by atoms with Crippen LogP contribution in [-0.2, 0) is 9.09 Å². The van der Waals surface area contributed by atoms with Crippen LogP contribution in [-0.4, -0.2) is 63.8 Å². The zero-order valence-corrected chi connectivity index (χ0v) is 12.5. The number of benzene rings is 1. The third-order valence-corrected chi connectivity index (χ3v) is 4.48. The molecule has 0 aliphatic carbocycles. The lowest BCUT2D eigenvalue weighted by atomic mass is 10.1. The number of carbonyl (C=O) groups excluding carboxylic acids is 2. The van der Waals surface area contributed by atoms with Gasteiger partial charge in [0, 0.05) is 6.54 Å². The van der Waals surface area contributed by atoms with Crippen LogP contribution in [0, 0.1) is 0 Å². The number of carbonyl (C=O) groups is 2. The molecule has 0 fully saturated rings. The Hall–Kier alpha value is -1.57. The molecule has 2 amide bonds. The highest BCUT2D eigenvalue weighted by Gasteiger charge is 2.36. The van der Waals surface area contributed by atoms with Crippen LogP contribution in [0.2, 0.25) is 0 Å². The molecule has 1 aromatic carbocycles. The zero-order valence-electron chi connectivity index (χ0n) is 11.6. The highest BCUT2D eigenvalue weighted by Crippen LogP contribution is 2.42. The van der Waals surface area contributed by atoms with Crippen molar-refractivity contribution < 1.29 is 33.8 Å². The van der Waals surface area contributed by atoms with Crippen molar-refractivity contribution in [3.05, 3.63) is 35.4 Å². The highest BCUT2D eigenvalue weighted by molar-refractivity contribution is 7.52. The summed E-state index contributed by atoms with van der Waals surface area (Å²) in [7, 11) is -4.08. The summed E-state index contributed by atoms with van der Waals surface area (Å²) in [6.07, 6.45) is -1.71. The van der Waals surface area contributed by atoms with Gasteiger partial charge in [-0.2, -0.15) is 0 Å². The van der Waals surface area contributed by atoms with Crippen LogP contribution in [0.15, 0.2) is 24.3 Å². The van der Waals surface area contributed by atoms with E-state index < -0.39 is 44.9 Å². The summed E-state index contributed by atoms with van der Waals surface area (Å²) in [6, 6.07) is 6.29. The van der Waals surface area contributed by atoms with E-state index in [0.29, 0.717) is 0 Å². The van der Waals surface area contributed by atoms with Gasteiger partial charge in [0.2, 0.25) is 0 Å². The van der Waals surface area contributed by atoms with Gasteiger partial charge in [0.1, 0.15) is 6.10 Å². The second-order valence-corrected chi connectivity index (χ2v) is 6.78. The van der Waals surface area contributed by atoms with Crippen molar-refractivity contribution >= 4 is 19.4 Å². The van der Waals surface area contributed by atoms with Crippen molar-refractivity contribution in [3.8, 4) is 0 Å². The molecule has 0 spiro atoms. The smallest absolute Gasteiger partial charge is 0.330 e. The molecule has 22 heavy (non-hydrogen) atoms. The number of hydrogen-bond donors (Lipinski definition) is 3. The predicted molar refractivity (Wildman–Crippen MR) is 75.5 cm³/mol. The van der Waals surface area contributed by atoms with Crippen molar-refractivity contribution in [3.63, 3.8) is 0 Å². The summed E-state index contributed by atoms with van der Waals surface area (Å²) in [5.74, 6) is -1.04. The van der Waals surface area contributed by atoms with Crippen molar-refractivity contribution in [2.45, 2.75) is 6.10 Å². The van der Waals surface area contributed by atoms with E-state index in [4.69, 9.17) is 10.2 Å². The lowest BCUT2D eigenvalue weighted by Crippen LogP contribution is -2.32. The number of hydrogen-bond acceptors (Lipinski definition) is 6. The zero-order chi connectivity index (χ0) is 16.3. The van der Waals surface area contributed by atoms with E-state index in [1.54, 1.807) is 12.1 Å². The average Bonchev–Trinajstić information content (AvgIpc) is 2.75. The molecule has 1 heterocycles. The monoisotopic (exact) mass is 329 g/mol. The Bertz CT molecular complexity index is 598. The summed E-state index contributed by atoms with van der Waals surface area (Å²) < 4.78 is 16.4. The predicted octanol–water partition coefficient (Wildman–Crippen LogP) is -0.162. The molecular formula is C13H16NO7P. The maximum atomic E-state index is 12.1. The van der Waals surface area contributed by atoms with Crippen LogP contribution in [0.25, 0.3) is 0 Å². The number of imide groups is 1. The summed E-state index contributed by atoms with van der Waals surface area (Å²) in [5, 5.41) is 17.7. The minimum atomic E-state index is -4.08. The van der Waals surface area contributed by atoms with Gasteiger partial charge in [0.05, 0.1) is 30.5 Å². The summed E-state index contributed by atoms with van der Waals surface area (Å²) in [5.41, 5.74) is 0.522. The maximum absolute atomic E-state index is 12.1. The quantitative estimate of drug-likeness (QED) is 0.469. The number of rotatable bonds is 7. The second kappa shape index (κ2) is 6.68. The third-order valence-electron chi connectivity index (χ3n) is 3.16. The van der Waals surface area contributed by atoms with Gasteiger partial charge in [0.25, 0.3) is 11.8 Å². The van der Waals surface area contributed by atoms with Gasteiger partial charge in [-0.3, -0.25) is 19.1 Å². The van der Waals surface area contributed by atoms with E-state index in [-0.39, 0.29) is 17.7 Å². The topological polar surface area (TPSA) is 124 Å². The SMILES string of the molecule is O=C1c2ccccc2C(=O)N1CCP(=O)(O)OC[C@@H](O)CO. The molecule has 0 saturated heterocycles. The molecule has 2 atom stereocenters. The molecule has 3 N–H and O–H groups in total. The first-order valence-electron chi connectivity index (χ1n) is 6.56. The van der Waals surface area contributed by atoms with Gasteiger partial charge in [-0.05, 0) is 12.1 Å². The van der Waals surface area contributed by atoms with Gasteiger partial charge in [-0.25, -0.2) is 0 Å². The molecule has 1 aliphatic rings. The Morgan fingerprint density at radius 1 is 1.18 bits per heavy atom. The number of amides is 2. The largest absolute Gasteiger partial charge is 0.394 e. The van der Waals surface area contributed by atoms with Gasteiger partial charge < -0.3 is 19.6 Å². The lowest BCUT2D eigenvalue weighted by Gasteiger charge is -2.18. The highest BCUT2D eigenvalue weighted by atomic mass is 31.2. The van der Waals surface area contributed by atoms with E-state index in [2.05, 4.69) is 4.52 Å². The van der Waals surface area contributed by atoms with Crippen LogP contribution in [0.4, 0.5) is 0 Å². The third kappa shape index (κ3) is 3.60. The fraction of sp³-hybridized carbons (Fsp3) is 0.385. The van der Waals surface area contributed by atoms with Crippen LogP contribution >= 0.6 is 7.60 Å². The van der Waals surface area contributed by atoms with Crippen LogP contribution in [0.5, 0.6) is 0 Å². The molecule has 9 heteroatoms. The van der Waals surface area contributed by atoms with Crippen molar-refractivity contribution in [1.82, 2.24) is 4.90 Å². The minimum Gasteiger partial charge on any atom is -0.394 e. The molecular weight excluding hydrogens is 313 g/mol. The second-order valence-electron chi connectivity index (χ2n) is 4.80. The molecule has 1 aliphatic heterocycles. The molecule has 1 unspecified atom stereocenters. The minimum absolute atomic E-state index is 0.261. The number of nitrogens with zero attached hydrogens (tertiary/aromatic N) is 1. The molecule has 0 radical (unpaired) electrons. The normalized spacial score (nSPS) is 18.2. The standard InChI is InChI=1S/C13H16NO7P/c15-7-9(16)8-21-22(19,20)6-5-14-12(17)10-3-1-2-4-11(10)13(14)18/h1-4,9,15-16H,5-8H2,(H,19,20)/t9-/m0/s1. The van der Waals surface area contributed by atoms with Crippen LogP contribution < -0.4 is 0 Å². The van der Waals surface area contributed by atoms with Gasteiger partial charge >= 0.3 is 7.60 Å². The van der Waals surface area contributed by atoms with E-state index in [1.165, 1.54) is 12.1 Å². The fourth-order valence-electron chi connectivity index (χ4n) is 1.99. The maximum Gasteiger partial charge on any atom is 0.330 e. The lowest BCUT2D eigenvalue weighted by molar-refractivity contribution is 0.0492. The number of aliphatic hydroxyl groups excluding tert-OH is 2. The first-order chi connectivity index (χ1) is 10.4. The summed E-state index contributed by atoms with van der Waals surface area (Å²) >= 11 is 0. The van der Waals surface area contributed by atoms with Crippen molar-refractivity contribution in [1.29, 1.82) is 0 Å². The van der Waals surface area contributed by atoms with Gasteiger partial charge in [0.15, 0.2) is 0 Å². The Labute approximate surface area is 126 Å². The first-order valence-corrected chi connectivity index (χ1v) is 8.32. The Morgan fingerprint density at radius 3 is 2.23 bits per heavy atom. The Morgan fingerprint density at radius 2 is 1.73 bits per heavy atom. The van der Waals surface area contributed by atoms with Crippen LogP contribution in [0.1, 0.15) is 20.7 Å². The molecule has 2 rings (SSSR count). The van der Waals surface area contributed by atoms with Gasteiger partial charge in [-0.1, -0.05) is 12.1 Å². The van der Waals surface area contributed by atoms with E-state index in [1.807, 2.05) is 0 Å². The summed E-state index contributed by atoms with van der Waals surface area (Å²) in [4.78, 5) is 34.6. The molecule has 0 aromatic heterocycles. The van der Waals surface area contributed by atoms with Gasteiger partial charge in [-0.15, -0.1) is 0 Å². The van der Waals surface area contributed by atoms with Crippen molar-refractivity contribution in [2.75, 3.05) is 25.9 Å². The number of aliphatic hydroxyl groups is 2. The van der Waals surface area contributed by atoms with E-state index in [0.717, 1.165) is 4.90 Å². The molecule has 0 saturated carbocycles. The average molecular weight is 329 g/mol. The molecule has 8 nitrogen and oxygen atoms in total. The first kappa shape index (κ1) is 16.8. The van der Waals surface area contributed by atoms with Crippen molar-refractivity contribution in [2.24, 2.45) is 0 Å². The summed E-state index contributed by atoms with van der Waals surface area (Å²) in [6.45, 7) is -1.37. The molecule has 120 valence electrons. The molecule has 1 aromatic rings. The van der Waals surface area contributed by atoms with E-state index >= 15 is 0 Å². The fourth-order valence-corrected chi connectivity index (χ4v) is 2.98. The molecule has 0 bridgehead atoms. The Balaban J connectivity index is 1.97. The Kier molecular flexibility index (Phi) is 5.10. The van der Waals surface area contributed by atoms with Crippen LogP contribution in [0.3, 0.4) is 0 Å².